The lowest BCUT2D eigenvalue weighted by molar-refractivity contribution is 0.0976. The number of benzene rings is 2. The van der Waals surface area contributed by atoms with Crippen molar-refractivity contribution in [1.29, 1.82) is 5.26 Å². The zero-order chi connectivity index (χ0) is 15.4. The third-order valence-corrected chi connectivity index (χ3v) is 3.31. The number of ketones is 1. The highest BCUT2D eigenvalue weighted by Crippen LogP contribution is 2.29. The fourth-order valence-electron chi connectivity index (χ4n) is 2.19. The number of carbonyl (C=O) groups excluding carboxylic acids is 1. The molecule has 0 radical (unpaired) electrons. The second kappa shape index (κ2) is 6.19. The van der Waals surface area contributed by atoms with Crippen molar-refractivity contribution in [2.75, 3.05) is 7.11 Å². The molecule has 4 heteroatoms. The highest BCUT2D eigenvalue weighted by atomic mass is 19.1. The summed E-state index contributed by atoms with van der Waals surface area (Å²) in [6.07, 6.45) is 0. The first-order valence-corrected chi connectivity index (χ1v) is 6.41. The summed E-state index contributed by atoms with van der Waals surface area (Å²) in [5.74, 6) is -1.49. The highest BCUT2D eigenvalue weighted by Gasteiger charge is 2.26. The Hall–Kier alpha value is -2.67. The first kappa shape index (κ1) is 14.7. The van der Waals surface area contributed by atoms with Crippen molar-refractivity contribution in [2.24, 2.45) is 0 Å². The van der Waals surface area contributed by atoms with Gasteiger partial charge in [-0.25, -0.2) is 4.39 Å². The number of nitriles is 1. The third kappa shape index (κ3) is 2.92. The Morgan fingerprint density at radius 2 is 2.00 bits per heavy atom. The predicted octanol–water partition coefficient (Wildman–Crippen LogP) is 3.63. The van der Waals surface area contributed by atoms with Crippen LogP contribution in [-0.4, -0.2) is 12.9 Å². The van der Waals surface area contributed by atoms with E-state index in [1.807, 2.05) is 6.07 Å². The van der Waals surface area contributed by atoms with E-state index in [0.29, 0.717) is 16.9 Å². The molecule has 0 amide bonds. The summed E-state index contributed by atoms with van der Waals surface area (Å²) < 4.78 is 18.6. The number of ether oxygens (including phenoxy) is 1. The molecule has 2 rings (SSSR count). The minimum Gasteiger partial charge on any atom is -0.496 e. The Morgan fingerprint density at radius 3 is 2.67 bits per heavy atom. The van der Waals surface area contributed by atoms with E-state index in [4.69, 9.17) is 4.74 Å². The Bertz CT molecular complexity index is 719. The highest BCUT2D eigenvalue weighted by molar-refractivity contribution is 6.04. The first-order chi connectivity index (χ1) is 10.1. The zero-order valence-corrected chi connectivity index (χ0v) is 11.8. The van der Waals surface area contributed by atoms with E-state index in [-0.39, 0.29) is 5.56 Å². The quantitative estimate of drug-likeness (QED) is 0.805. The van der Waals surface area contributed by atoms with Crippen LogP contribution in [0.15, 0.2) is 42.5 Å². The number of nitrogens with zero attached hydrogens (tertiary/aromatic N) is 1. The molecule has 106 valence electrons. The summed E-state index contributed by atoms with van der Waals surface area (Å²) in [6.45, 7) is 1.71. The molecule has 2 aromatic rings. The van der Waals surface area contributed by atoms with Gasteiger partial charge in [0.15, 0.2) is 5.78 Å². The minimum atomic E-state index is -1.03. The molecule has 0 aliphatic carbocycles. The van der Waals surface area contributed by atoms with Gasteiger partial charge in [-0.15, -0.1) is 0 Å². The van der Waals surface area contributed by atoms with Crippen LogP contribution in [-0.2, 0) is 0 Å². The molecule has 0 heterocycles. The standard InChI is InChI=1S/C17H14FNO2/c1-11-7-8-12(18)9-14(11)17(20)15(10-19)13-5-3-4-6-16(13)21-2/h3-9,15H,1-2H3. The van der Waals surface area contributed by atoms with Gasteiger partial charge in [-0.3, -0.25) is 4.79 Å². The van der Waals surface area contributed by atoms with Gasteiger partial charge in [0.25, 0.3) is 0 Å². The first-order valence-electron chi connectivity index (χ1n) is 6.41. The Balaban J connectivity index is 2.49. The largest absolute Gasteiger partial charge is 0.496 e. The summed E-state index contributed by atoms with van der Waals surface area (Å²) in [7, 11) is 1.48. The van der Waals surface area contributed by atoms with E-state index >= 15 is 0 Å². The van der Waals surface area contributed by atoms with Gasteiger partial charge in [-0.2, -0.15) is 5.26 Å². The second-order valence-electron chi connectivity index (χ2n) is 4.63. The molecular formula is C17H14FNO2. The van der Waals surface area contributed by atoms with Crippen LogP contribution in [0.5, 0.6) is 5.75 Å². The van der Waals surface area contributed by atoms with E-state index in [0.717, 1.165) is 6.07 Å². The smallest absolute Gasteiger partial charge is 0.184 e. The Morgan fingerprint density at radius 1 is 1.29 bits per heavy atom. The van der Waals surface area contributed by atoms with Crippen LogP contribution in [0.1, 0.15) is 27.4 Å². The SMILES string of the molecule is COc1ccccc1C(C#N)C(=O)c1cc(F)ccc1C. The number of methoxy groups -OCH3 is 1. The van der Waals surface area contributed by atoms with Crippen molar-refractivity contribution in [3.63, 3.8) is 0 Å². The van der Waals surface area contributed by atoms with Gasteiger partial charge in [0.1, 0.15) is 17.5 Å². The van der Waals surface area contributed by atoms with Gasteiger partial charge in [-0.05, 0) is 30.7 Å². The maximum Gasteiger partial charge on any atom is 0.184 e. The van der Waals surface area contributed by atoms with Gasteiger partial charge in [0.05, 0.1) is 13.2 Å². The van der Waals surface area contributed by atoms with Crippen LogP contribution in [0.4, 0.5) is 4.39 Å². The molecule has 21 heavy (non-hydrogen) atoms. The number of carbonyl (C=O) groups is 1. The van der Waals surface area contributed by atoms with Crippen LogP contribution in [0.2, 0.25) is 0 Å². The molecule has 0 fully saturated rings. The second-order valence-corrected chi connectivity index (χ2v) is 4.63. The Labute approximate surface area is 122 Å². The fraction of sp³-hybridized carbons (Fsp3) is 0.176. The predicted molar refractivity (Wildman–Crippen MR) is 76.8 cm³/mol. The van der Waals surface area contributed by atoms with Crippen LogP contribution in [0.3, 0.4) is 0 Å². The number of rotatable bonds is 4. The Kier molecular flexibility index (Phi) is 4.34. The van der Waals surface area contributed by atoms with Gasteiger partial charge in [-0.1, -0.05) is 24.3 Å². The van der Waals surface area contributed by atoms with E-state index in [9.17, 15) is 14.4 Å². The number of para-hydroxylation sites is 1. The maximum absolute atomic E-state index is 13.4. The molecule has 0 saturated carbocycles. The van der Waals surface area contributed by atoms with Crippen molar-refractivity contribution in [2.45, 2.75) is 12.8 Å². The molecule has 0 saturated heterocycles. The number of aryl methyl sites for hydroxylation is 1. The number of hydrogen-bond donors (Lipinski definition) is 0. The maximum atomic E-state index is 13.4. The van der Waals surface area contributed by atoms with Crippen molar-refractivity contribution in [3.8, 4) is 11.8 Å². The molecular weight excluding hydrogens is 269 g/mol. The van der Waals surface area contributed by atoms with Gasteiger partial charge < -0.3 is 4.74 Å². The molecule has 3 nitrogen and oxygen atoms in total. The van der Waals surface area contributed by atoms with Gasteiger partial charge in [0, 0.05) is 11.1 Å². The van der Waals surface area contributed by atoms with Crippen LogP contribution >= 0.6 is 0 Å². The van der Waals surface area contributed by atoms with Gasteiger partial charge in [0.2, 0.25) is 0 Å². The van der Waals surface area contributed by atoms with Crippen LogP contribution in [0, 0.1) is 24.1 Å². The molecule has 0 N–H and O–H groups in total. The van der Waals surface area contributed by atoms with E-state index in [1.54, 1.807) is 31.2 Å². The lowest BCUT2D eigenvalue weighted by atomic mass is 9.89. The summed E-state index contributed by atoms with van der Waals surface area (Å²) >= 11 is 0. The van der Waals surface area contributed by atoms with Crippen molar-refractivity contribution in [3.05, 3.63) is 65.0 Å². The molecule has 2 aromatic carbocycles. The average molecular weight is 283 g/mol. The molecule has 0 aliphatic rings. The summed E-state index contributed by atoms with van der Waals surface area (Å²) in [5.41, 5.74) is 1.33. The number of Topliss-reactive ketones (excluding diaryl/α,β-unsaturated/α-hetero) is 1. The summed E-state index contributed by atoms with van der Waals surface area (Å²) in [5, 5.41) is 9.37. The van der Waals surface area contributed by atoms with Crippen LogP contribution in [0.25, 0.3) is 0 Å². The third-order valence-electron chi connectivity index (χ3n) is 3.31. The van der Waals surface area contributed by atoms with Crippen LogP contribution < -0.4 is 4.74 Å². The molecule has 1 unspecified atom stereocenters. The van der Waals surface area contributed by atoms with E-state index in [1.165, 1.54) is 19.2 Å². The summed E-state index contributed by atoms with van der Waals surface area (Å²) in [4.78, 5) is 12.6. The number of hydrogen-bond acceptors (Lipinski definition) is 3. The van der Waals surface area contributed by atoms with E-state index in [2.05, 4.69) is 0 Å². The van der Waals surface area contributed by atoms with Crippen molar-refractivity contribution < 1.29 is 13.9 Å². The summed E-state index contributed by atoms with van der Waals surface area (Å²) in [6, 6.07) is 12.8. The molecule has 1 atom stereocenters. The normalized spacial score (nSPS) is 11.5. The lowest BCUT2D eigenvalue weighted by Gasteiger charge is -2.14. The minimum absolute atomic E-state index is 0.215. The zero-order valence-electron chi connectivity index (χ0n) is 11.8. The van der Waals surface area contributed by atoms with Gasteiger partial charge >= 0.3 is 0 Å². The number of halogens is 1. The van der Waals surface area contributed by atoms with E-state index < -0.39 is 17.5 Å². The molecule has 0 bridgehead atoms. The molecule has 0 aromatic heterocycles. The topological polar surface area (TPSA) is 50.1 Å². The fourth-order valence-corrected chi connectivity index (χ4v) is 2.19. The van der Waals surface area contributed by atoms with Crippen molar-refractivity contribution >= 4 is 5.78 Å². The van der Waals surface area contributed by atoms with Crippen molar-refractivity contribution in [1.82, 2.24) is 0 Å². The molecule has 0 aliphatic heterocycles. The monoisotopic (exact) mass is 283 g/mol. The molecule has 0 spiro atoms. The average Bonchev–Trinajstić information content (AvgIpc) is 2.50. The lowest BCUT2D eigenvalue weighted by Crippen LogP contribution is -2.14.